The Labute approximate surface area is 116 Å². The minimum absolute atomic E-state index is 0.0860. The number of hydrogen-bond donors (Lipinski definition) is 2. The first kappa shape index (κ1) is 16.1. The van der Waals surface area contributed by atoms with Crippen LogP contribution in [0.15, 0.2) is 18.2 Å². The second kappa shape index (κ2) is 7.56. The fourth-order valence-electron chi connectivity index (χ4n) is 1.79. The van der Waals surface area contributed by atoms with Gasteiger partial charge in [0, 0.05) is 30.8 Å². The number of amides is 1. The van der Waals surface area contributed by atoms with E-state index in [0.717, 1.165) is 0 Å². The Morgan fingerprint density at radius 1 is 1.55 bits per heavy atom. The van der Waals surface area contributed by atoms with Crippen LogP contribution in [0.5, 0.6) is 0 Å². The monoisotopic (exact) mass is 282 g/mol. The van der Waals surface area contributed by atoms with E-state index in [1.165, 1.54) is 32.2 Å². The molecule has 0 spiro atoms. The molecule has 0 bridgehead atoms. The van der Waals surface area contributed by atoms with Crippen LogP contribution in [0, 0.1) is 17.0 Å². The molecule has 0 saturated carbocycles. The standard InChI is InChI=1S/C13H18N2O5/c1-9-11(4-3-5-12(9)15(18)19)13(17)14-7-6-10(16)8-20-2/h3-5,10,16H,6-8H2,1-2H3,(H,14,17). The Kier molecular flexibility index (Phi) is 6.08. The zero-order valence-electron chi connectivity index (χ0n) is 11.5. The zero-order chi connectivity index (χ0) is 15.1. The van der Waals surface area contributed by atoms with Gasteiger partial charge in [-0.3, -0.25) is 14.9 Å². The molecule has 7 nitrogen and oxygen atoms in total. The van der Waals surface area contributed by atoms with Crippen molar-refractivity contribution in [2.24, 2.45) is 0 Å². The number of nitro benzene ring substituents is 1. The maximum Gasteiger partial charge on any atom is 0.273 e. The van der Waals surface area contributed by atoms with E-state index in [1.807, 2.05) is 0 Å². The average Bonchev–Trinajstić information content (AvgIpc) is 2.38. The number of rotatable bonds is 7. The molecule has 0 saturated heterocycles. The van der Waals surface area contributed by atoms with Gasteiger partial charge in [-0.1, -0.05) is 6.07 Å². The van der Waals surface area contributed by atoms with Crippen LogP contribution in [0.4, 0.5) is 5.69 Å². The number of nitro groups is 1. The van der Waals surface area contributed by atoms with Gasteiger partial charge in [-0.05, 0) is 19.4 Å². The SMILES string of the molecule is COCC(O)CCNC(=O)c1cccc([N+](=O)[O-])c1C. The number of carbonyl (C=O) groups is 1. The third kappa shape index (κ3) is 4.29. The first-order valence-corrected chi connectivity index (χ1v) is 6.16. The van der Waals surface area contributed by atoms with Gasteiger partial charge in [0.1, 0.15) is 0 Å². The molecule has 0 radical (unpaired) electrons. The second-order valence-corrected chi connectivity index (χ2v) is 4.36. The Balaban J connectivity index is 2.64. The third-order valence-electron chi connectivity index (χ3n) is 2.87. The van der Waals surface area contributed by atoms with Crippen molar-refractivity contribution in [3.63, 3.8) is 0 Å². The molecule has 1 unspecified atom stereocenters. The third-order valence-corrected chi connectivity index (χ3v) is 2.87. The van der Waals surface area contributed by atoms with Gasteiger partial charge in [-0.2, -0.15) is 0 Å². The molecule has 1 atom stereocenters. The van der Waals surface area contributed by atoms with Gasteiger partial charge in [0.15, 0.2) is 0 Å². The molecular weight excluding hydrogens is 264 g/mol. The predicted octanol–water partition coefficient (Wildman–Crippen LogP) is 1.03. The van der Waals surface area contributed by atoms with Crippen molar-refractivity contribution >= 4 is 11.6 Å². The molecule has 0 aliphatic carbocycles. The maximum absolute atomic E-state index is 11.9. The highest BCUT2D eigenvalue weighted by Gasteiger charge is 2.17. The molecule has 7 heteroatoms. The van der Waals surface area contributed by atoms with Crippen molar-refractivity contribution in [1.29, 1.82) is 0 Å². The Morgan fingerprint density at radius 2 is 2.25 bits per heavy atom. The molecule has 20 heavy (non-hydrogen) atoms. The molecule has 2 N–H and O–H groups in total. The number of carbonyl (C=O) groups excluding carboxylic acids is 1. The summed E-state index contributed by atoms with van der Waals surface area (Å²) in [5.74, 6) is -0.393. The summed E-state index contributed by atoms with van der Waals surface area (Å²) in [7, 11) is 1.48. The van der Waals surface area contributed by atoms with Crippen molar-refractivity contribution in [1.82, 2.24) is 5.32 Å². The molecule has 110 valence electrons. The summed E-state index contributed by atoms with van der Waals surface area (Å²) in [4.78, 5) is 22.2. The number of methoxy groups -OCH3 is 1. The van der Waals surface area contributed by atoms with Crippen LogP contribution in [0.1, 0.15) is 22.3 Å². The lowest BCUT2D eigenvalue weighted by molar-refractivity contribution is -0.385. The number of hydrogen-bond acceptors (Lipinski definition) is 5. The molecule has 1 amide bonds. The Hall–Kier alpha value is -1.99. The van der Waals surface area contributed by atoms with Crippen LogP contribution < -0.4 is 5.32 Å². The van der Waals surface area contributed by atoms with Crippen LogP contribution in [-0.4, -0.2) is 42.3 Å². The van der Waals surface area contributed by atoms with E-state index in [-0.39, 0.29) is 24.4 Å². The highest BCUT2D eigenvalue weighted by atomic mass is 16.6. The minimum Gasteiger partial charge on any atom is -0.391 e. The molecule has 1 rings (SSSR count). The van der Waals surface area contributed by atoms with Crippen LogP contribution in [0.3, 0.4) is 0 Å². The molecule has 0 fully saturated rings. The fraction of sp³-hybridized carbons (Fsp3) is 0.462. The average molecular weight is 282 g/mol. The number of nitrogens with one attached hydrogen (secondary N) is 1. The van der Waals surface area contributed by atoms with E-state index in [4.69, 9.17) is 4.74 Å². The Bertz CT molecular complexity index is 490. The summed E-state index contributed by atoms with van der Waals surface area (Å²) in [6.07, 6.45) is -0.292. The van der Waals surface area contributed by atoms with E-state index in [2.05, 4.69) is 5.32 Å². The quantitative estimate of drug-likeness (QED) is 0.574. The van der Waals surface area contributed by atoms with Crippen molar-refractivity contribution in [3.05, 3.63) is 39.4 Å². The predicted molar refractivity (Wildman–Crippen MR) is 72.7 cm³/mol. The number of nitrogens with zero attached hydrogens (tertiary/aromatic N) is 1. The summed E-state index contributed by atoms with van der Waals surface area (Å²) in [5, 5.41) is 22.9. The maximum atomic E-state index is 11.9. The van der Waals surface area contributed by atoms with E-state index in [0.29, 0.717) is 12.0 Å². The highest BCUT2D eigenvalue weighted by Crippen LogP contribution is 2.20. The summed E-state index contributed by atoms with van der Waals surface area (Å²) in [6.45, 7) is 2.00. The van der Waals surface area contributed by atoms with Crippen LogP contribution >= 0.6 is 0 Å². The molecule has 0 heterocycles. The number of ether oxygens (including phenoxy) is 1. The van der Waals surface area contributed by atoms with Gasteiger partial charge in [-0.15, -0.1) is 0 Å². The number of aliphatic hydroxyl groups excluding tert-OH is 1. The van der Waals surface area contributed by atoms with Gasteiger partial charge in [-0.25, -0.2) is 0 Å². The lowest BCUT2D eigenvalue weighted by Gasteiger charge is -2.11. The van der Waals surface area contributed by atoms with Crippen molar-refractivity contribution in [3.8, 4) is 0 Å². The van der Waals surface area contributed by atoms with Crippen LogP contribution in [0.2, 0.25) is 0 Å². The number of benzene rings is 1. The normalized spacial score (nSPS) is 11.9. The van der Waals surface area contributed by atoms with E-state index in [9.17, 15) is 20.0 Å². The van der Waals surface area contributed by atoms with E-state index in [1.54, 1.807) is 0 Å². The molecule has 0 aliphatic rings. The minimum atomic E-state index is -0.647. The van der Waals surface area contributed by atoms with Gasteiger partial charge in [0.25, 0.3) is 11.6 Å². The highest BCUT2D eigenvalue weighted by molar-refractivity contribution is 5.96. The Morgan fingerprint density at radius 3 is 2.85 bits per heavy atom. The molecule has 0 aromatic heterocycles. The van der Waals surface area contributed by atoms with Crippen molar-refractivity contribution in [2.75, 3.05) is 20.3 Å². The number of aliphatic hydroxyl groups is 1. The first-order valence-electron chi connectivity index (χ1n) is 6.16. The van der Waals surface area contributed by atoms with Gasteiger partial charge >= 0.3 is 0 Å². The fourth-order valence-corrected chi connectivity index (χ4v) is 1.79. The van der Waals surface area contributed by atoms with Crippen molar-refractivity contribution in [2.45, 2.75) is 19.4 Å². The first-order chi connectivity index (χ1) is 9.47. The van der Waals surface area contributed by atoms with Gasteiger partial charge in [0.2, 0.25) is 0 Å². The van der Waals surface area contributed by atoms with E-state index < -0.39 is 16.9 Å². The molecule has 0 aliphatic heterocycles. The summed E-state index contributed by atoms with van der Waals surface area (Å²) >= 11 is 0. The largest absolute Gasteiger partial charge is 0.391 e. The van der Waals surface area contributed by atoms with Gasteiger partial charge < -0.3 is 15.2 Å². The topological polar surface area (TPSA) is 102 Å². The van der Waals surface area contributed by atoms with Crippen LogP contribution in [0.25, 0.3) is 0 Å². The smallest absolute Gasteiger partial charge is 0.273 e. The van der Waals surface area contributed by atoms with Crippen LogP contribution in [-0.2, 0) is 4.74 Å². The molecule has 1 aromatic rings. The summed E-state index contributed by atoms with van der Waals surface area (Å²) in [6, 6.07) is 4.36. The second-order valence-electron chi connectivity index (χ2n) is 4.36. The zero-order valence-corrected chi connectivity index (χ0v) is 11.5. The van der Waals surface area contributed by atoms with E-state index >= 15 is 0 Å². The summed E-state index contributed by atoms with van der Waals surface area (Å²) < 4.78 is 4.77. The van der Waals surface area contributed by atoms with Gasteiger partial charge in [0.05, 0.1) is 17.6 Å². The summed E-state index contributed by atoms with van der Waals surface area (Å²) in [5.41, 5.74) is 0.505. The molecule has 1 aromatic carbocycles. The lowest BCUT2D eigenvalue weighted by Crippen LogP contribution is -2.29. The lowest BCUT2D eigenvalue weighted by atomic mass is 10.1. The molecular formula is C13H18N2O5. The van der Waals surface area contributed by atoms with Crippen molar-refractivity contribution < 1.29 is 19.6 Å².